The molecule has 0 aliphatic heterocycles. The number of anilines is 1. The first-order valence-electron chi connectivity index (χ1n) is 12.2. The Balaban J connectivity index is 2.34. The van der Waals surface area contributed by atoms with Crippen molar-refractivity contribution in [2.75, 3.05) is 23.7 Å². The van der Waals surface area contributed by atoms with Crippen molar-refractivity contribution in [1.82, 2.24) is 10.2 Å². The normalized spacial score (nSPS) is 13.1. The monoisotopic (exact) mass is 515 g/mol. The van der Waals surface area contributed by atoms with E-state index in [9.17, 15) is 18.0 Å². The van der Waals surface area contributed by atoms with Gasteiger partial charge in [-0.2, -0.15) is 0 Å². The Bertz CT molecular complexity index is 1130. The molecule has 0 unspecified atom stereocenters. The van der Waals surface area contributed by atoms with Crippen LogP contribution in [0.25, 0.3) is 0 Å². The number of nitrogens with zero attached hydrogens (tertiary/aromatic N) is 2. The van der Waals surface area contributed by atoms with E-state index in [4.69, 9.17) is 0 Å². The largest absolute Gasteiger partial charge is 0.350 e. The summed E-state index contributed by atoms with van der Waals surface area (Å²) in [7, 11) is -3.75. The van der Waals surface area contributed by atoms with Crippen LogP contribution in [-0.2, 0) is 31.4 Å². The lowest BCUT2D eigenvalue weighted by atomic mass is 9.87. The Kier molecular flexibility index (Phi) is 9.34. The highest BCUT2D eigenvalue weighted by Crippen LogP contribution is 2.26. The number of carbonyl (C=O) groups excluding carboxylic acids is 2. The number of amides is 2. The second-order valence-corrected chi connectivity index (χ2v) is 13.2. The molecule has 2 aromatic rings. The third-order valence-electron chi connectivity index (χ3n) is 5.85. The molecule has 1 N–H and O–H groups in total. The van der Waals surface area contributed by atoms with Gasteiger partial charge in [0.25, 0.3) is 0 Å². The zero-order valence-electron chi connectivity index (χ0n) is 22.8. The second kappa shape index (κ2) is 11.5. The predicted octanol–water partition coefficient (Wildman–Crippen LogP) is 4.12. The number of sulfonamides is 1. The van der Waals surface area contributed by atoms with Crippen LogP contribution in [0, 0.1) is 0 Å². The molecule has 2 amide bonds. The summed E-state index contributed by atoms with van der Waals surface area (Å²) in [5.74, 6) is -0.725. The van der Waals surface area contributed by atoms with Crippen molar-refractivity contribution in [3.63, 3.8) is 0 Å². The molecule has 7 nitrogen and oxygen atoms in total. The van der Waals surface area contributed by atoms with Crippen LogP contribution in [0.5, 0.6) is 0 Å². The van der Waals surface area contributed by atoms with E-state index in [2.05, 4.69) is 26.1 Å². The Morgan fingerprint density at radius 1 is 0.917 bits per heavy atom. The first-order chi connectivity index (χ1) is 16.5. The summed E-state index contributed by atoms with van der Waals surface area (Å²) in [5.41, 5.74) is 1.94. The molecule has 36 heavy (non-hydrogen) atoms. The zero-order valence-corrected chi connectivity index (χ0v) is 23.6. The van der Waals surface area contributed by atoms with E-state index in [0.717, 1.165) is 21.7 Å². The van der Waals surface area contributed by atoms with Gasteiger partial charge >= 0.3 is 0 Å². The molecule has 0 saturated heterocycles. The third kappa shape index (κ3) is 8.66. The van der Waals surface area contributed by atoms with Crippen molar-refractivity contribution in [3.8, 4) is 0 Å². The van der Waals surface area contributed by atoms with Crippen molar-refractivity contribution < 1.29 is 18.0 Å². The van der Waals surface area contributed by atoms with Gasteiger partial charge in [-0.15, -0.1) is 0 Å². The molecule has 0 fully saturated rings. The summed E-state index contributed by atoms with van der Waals surface area (Å²) in [6, 6.07) is 16.1. The van der Waals surface area contributed by atoms with Gasteiger partial charge in [0.2, 0.25) is 21.8 Å². The fourth-order valence-electron chi connectivity index (χ4n) is 3.79. The van der Waals surface area contributed by atoms with Crippen molar-refractivity contribution in [1.29, 1.82) is 0 Å². The first-order valence-corrected chi connectivity index (χ1v) is 14.1. The molecule has 0 aromatic heterocycles. The van der Waals surface area contributed by atoms with Gasteiger partial charge in [-0.25, -0.2) is 8.42 Å². The summed E-state index contributed by atoms with van der Waals surface area (Å²) < 4.78 is 26.5. The fourth-order valence-corrected chi connectivity index (χ4v) is 4.64. The van der Waals surface area contributed by atoms with Gasteiger partial charge < -0.3 is 10.2 Å². The lowest BCUT2D eigenvalue weighted by Gasteiger charge is -2.33. The molecule has 2 rings (SSSR count). The van der Waals surface area contributed by atoms with Crippen molar-refractivity contribution in [3.05, 3.63) is 65.7 Å². The molecule has 0 radical (unpaired) electrons. The second-order valence-electron chi connectivity index (χ2n) is 11.3. The zero-order chi connectivity index (χ0) is 27.3. The Hall–Kier alpha value is -2.87. The van der Waals surface area contributed by atoms with E-state index in [0.29, 0.717) is 12.1 Å². The third-order valence-corrected chi connectivity index (χ3v) is 6.99. The minimum absolute atomic E-state index is 0.0889. The van der Waals surface area contributed by atoms with Crippen LogP contribution in [0.4, 0.5) is 5.69 Å². The molecule has 0 heterocycles. The van der Waals surface area contributed by atoms with Crippen LogP contribution in [0.15, 0.2) is 54.6 Å². The first kappa shape index (κ1) is 29.4. The van der Waals surface area contributed by atoms with Crippen LogP contribution < -0.4 is 9.62 Å². The molecule has 8 heteroatoms. The predicted molar refractivity (Wildman–Crippen MR) is 147 cm³/mol. The molecule has 0 aliphatic carbocycles. The molecule has 2 aromatic carbocycles. The maximum Gasteiger partial charge on any atom is 0.244 e. The van der Waals surface area contributed by atoms with Crippen LogP contribution in [0.1, 0.15) is 59.6 Å². The average Bonchev–Trinajstić information content (AvgIpc) is 2.75. The van der Waals surface area contributed by atoms with Crippen LogP contribution in [-0.4, -0.2) is 56.1 Å². The summed E-state index contributed by atoms with van der Waals surface area (Å²) in [4.78, 5) is 28.0. The van der Waals surface area contributed by atoms with Crippen molar-refractivity contribution in [2.24, 2.45) is 0 Å². The number of carbonyl (C=O) groups is 2. The summed E-state index contributed by atoms with van der Waals surface area (Å²) in [6.07, 6.45) is 1.63. The van der Waals surface area contributed by atoms with E-state index >= 15 is 0 Å². The van der Waals surface area contributed by atoms with Gasteiger partial charge in [-0.1, -0.05) is 63.2 Å². The molecule has 0 saturated carbocycles. The number of benzene rings is 2. The minimum atomic E-state index is -3.75. The molecule has 0 aliphatic rings. The van der Waals surface area contributed by atoms with E-state index < -0.39 is 34.1 Å². The molecular weight excluding hydrogens is 474 g/mol. The standard InChI is InChI=1S/C28H41N3O4S/c1-21(26(33)29-28(5,6)7)30(19-18-22-12-10-9-11-13-22)25(32)20-31(36(8,34)35)24-16-14-23(15-17-24)27(2,3)4/h9-17,21H,18-20H2,1-8H3,(H,29,33)/t21-/m0/s1. The highest BCUT2D eigenvalue weighted by Gasteiger charge is 2.31. The maximum absolute atomic E-state index is 13.6. The van der Waals surface area contributed by atoms with E-state index in [1.807, 2.05) is 63.2 Å². The Morgan fingerprint density at radius 2 is 1.47 bits per heavy atom. The summed E-state index contributed by atoms with van der Waals surface area (Å²) in [6.45, 7) is 13.4. The average molecular weight is 516 g/mol. The van der Waals surface area contributed by atoms with E-state index in [-0.39, 0.29) is 17.9 Å². The molecule has 0 spiro atoms. The smallest absolute Gasteiger partial charge is 0.244 e. The number of nitrogens with one attached hydrogen (secondary N) is 1. The van der Waals surface area contributed by atoms with Gasteiger partial charge in [0.05, 0.1) is 11.9 Å². The van der Waals surface area contributed by atoms with Crippen LogP contribution in [0.3, 0.4) is 0 Å². The molecular formula is C28H41N3O4S. The van der Waals surface area contributed by atoms with Gasteiger partial charge in [-0.3, -0.25) is 13.9 Å². The number of hydrogen-bond acceptors (Lipinski definition) is 4. The summed E-state index contributed by atoms with van der Waals surface area (Å²) in [5, 5.41) is 2.92. The fraction of sp³-hybridized carbons (Fsp3) is 0.500. The van der Waals surface area contributed by atoms with Gasteiger partial charge in [-0.05, 0) is 62.8 Å². The summed E-state index contributed by atoms with van der Waals surface area (Å²) >= 11 is 0. The van der Waals surface area contributed by atoms with E-state index in [1.54, 1.807) is 19.1 Å². The van der Waals surface area contributed by atoms with Gasteiger partial charge in [0.15, 0.2) is 0 Å². The van der Waals surface area contributed by atoms with Gasteiger partial charge in [0.1, 0.15) is 12.6 Å². The number of rotatable bonds is 9. The van der Waals surface area contributed by atoms with Gasteiger partial charge in [0, 0.05) is 12.1 Å². The molecule has 1 atom stereocenters. The van der Waals surface area contributed by atoms with Crippen molar-refractivity contribution >= 4 is 27.5 Å². The molecule has 0 bridgehead atoms. The Labute approximate surface area is 216 Å². The lowest BCUT2D eigenvalue weighted by Crippen LogP contribution is -2.55. The van der Waals surface area contributed by atoms with Crippen LogP contribution in [0.2, 0.25) is 0 Å². The topological polar surface area (TPSA) is 86.8 Å². The van der Waals surface area contributed by atoms with Crippen LogP contribution >= 0.6 is 0 Å². The SMILES string of the molecule is C[C@@H](C(=O)NC(C)(C)C)N(CCc1ccccc1)C(=O)CN(c1ccc(C(C)(C)C)cc1)S(C)(=O)=O. The quantitative estimate of drug-likeness (QED) is 0.544. The molecule has 198 valence electrons. The Morgan fingerprint density at radius 3 is 1.94 bits per heavy atom. The highest BCUT2D eigenvalue weighted by molar-refractivity contribution is 7.92. The highest BCUT2D eigenvalue weighted by atomic mass is 32.2. The maximum atomic E-state index is 13.6. The lowest BCUT2D eigenvalue weighted by molar-refractivity contribution is -0.139. The van der Waals surface area contributed by atoms with E-state index in [1.165, 1.54) is 4.90 Å². The minimum Gasteiger partial charge on any atom is -0.350 e. The van der Waals surface area contributed by atoms with Crippen molar-refractivity contribution in [2.45, 2.75) is 71.9 Å². The number of hydrogen-bond donors (Lipinski definition) is 1.